The van der Waals surface area contributed by atoms with Crippen LogP contribution in [0.3, 0.4) is 0 Å². The normalized spacial score (nSPS) is 11.2. The Hall–Kier alpha value is -1.83. The third-order valence-corrected chi connectivity index (χ3v) is 2.62. The number of hydrogen-bond acceptors (Lipinski definition) is 1. The van der Waals surface area contributed by atoms with Gasteiger partial charge in [-0.2, -0.15) is 0 Å². The van der Waals surface area contributed by atoms with Crippen LogP contribution in [0.5, 0.6) is 0 Å². The second-order valence-corrected chi connectivity index (χ2v) is 3.53. The highest BCUT2D eigenvalue weighted by Gasteiger charge is 2.01. The van der Waals surface area contributed by atoms with Crippen molar-refractivity contribution in [2.75, 3.05) is 0 Å². The highest BCUT2D eigenvalue weighted by atomic mass is 15.0. The summed E-state index contributed by atoms with van der Waals surface area (Å²) in [6, 6.07) is 10.6. The molecule has 2 nitrogen and oxygen atoms in total. The first kappa shape index (κ1) is 7.56. The van der Waals surface area contributed by atoms with Crippen molar-refractivity contribution in [3.63, 3.8) is 0 Å². The minimum atomic E-state index is 1.15. The molecule has 0 aliphatic rings. The van der Waals surface area contributed by atoms with Crippen molar-refractivity contribution in [2.24, 2.45) is 0 Å². The molecule has 0 amide bonds. The molecule has 0 radical (unpaired) electrons. The summed E-state index contributed by atoms with van der Waals surface area (Å²) < 4.78 is 2.11. The number of aromatic nitrogens is 2. The molecule has 3 rings (SSSR count). The summed E-state index contributed by atoms with van der Waals surface area (Å²) in [5.41, 5.74) is 3.68. The van der Waals surface area contributed by atoms with Gasteiger partial charge in [0.05, 0.1) is 23.6 Å². The second-order valence-electron chi connectivity index (χ2n) is 3.53. The zero-order valence-electron chi connectivity index (χ0n) is 7.94. The molecule has 3 aromatic rings. The van der Waals surface area contributed by atoms with Crippen LogP contribution in [0.2, 0.25) is 0 Å². The first-order valence-corrected chi connectivity index (χ1v) is 4.67. The van der Waals surface area contributed by atoms with Gasteiger partial charge in [-0.3, -0.25) is 4.40 Å². The summed E-state index contributed by atoms with van der Waals surface area (Å²) in [6.07, 6.45) is 3.75. The molecule has 68 valence electrons. The van der Waals surface area contributed by atoms with Crippen LogP contribution >= 0.6 is 0 Å². The Morgan fingerprint density at radius 3 is 3.00 bits per heavy atom. The molecule has 1 aromatic carbocycles. The predicted octanol–water partition coefficient (Wildman–Crippen LogP) is 2.80. The van der Waals surface area contributed by atoms with Crippen molar-refractivity contribution >= 4 is 16.4 Å². The van der Waals surface area contributed by atoms with Crippen molar-refractivity contribution in [3.05, 3.63) is 48.4 Å². The molecule has 0 fully saturated rings. The van der Waals surface area contributed by atoms with Crippen LogP contribution in [-0.2, 0) is 0 Å². The lowest BCUT2D eigenvalue weighted by molar-refractivity contribution is 1.20. The molecule has 2 heteroatoms. The number of nitrogens with zero attached hydrogens (tertiary/aromatic N) is 2. The fourth-order valence-electron chi connectivity index (χ4n) is 1.93. The maximum Gasteiger partial charge on any atom is 0.0997 e. The molecular weight excluding hydrogens is 172 g/mol. The highest BCUT2D eigenvalue weighted by Crippen LogP contribution is 2.20. The minimum Gasteiger partial charge on any atom is -0.299 e. The van der Waals surface area contributed by atoms with Crippen molar-refractivity contribution in [1.29, 1.82) is 0 Å². The second kappa shape index (κ2) is 2.58. The van der Waals surface area contributed by atoms with Gasteiger partial charge in [-0.05, 0) is 24.6 Å². The van der Waals surface area contributed by atoms with Gasteiger partial charge in [-0.15, -0.1) is 0 Å². The van der Waals surface area contributed by atoms with E-state index >= 15 is 0 Å². The summed E-state index contributed by atoms with van der Waals surface area (Å²) >= 11 is 0. The molecule has 0 N–H and O–H groups in total. The monoisotopic (exact) mass is 182 g/mol. The Morgan fingerprint density at radius 1 is 1.21 bits per heavy atom. The van der Waals surface area contributed by atoms with Crippen LogP contribution in [0.25, 0.3) is 16.4 Å². The fraction of sp³-hybridized carbons (Fsp3) is 0.0833. The summed E-state index contributed by atoms with van der Waals surface area (Å²) in [7, 11) is 0. The number of pyridine rings is 1. The molecule has 0 aliphatic heterocycles. The van der Waals surface area contributed by atoms with E-state index in [-0.39, 0.29) is 0 Å². The SMILES string of the molecule is Cc1cc2cncn2c2ccccc12. The zero-order valence-corrected chi connectivity index (χ0v) is 7.94. The van der Waals surface area contributed by atoms with Crippen LogP contribution in [0.1, 0.15) is 5.56 Å². The average Bonchev–Trinajstić information content (AvgIpc) is 2.66. The third kappa shape index (κ3) is 0.880. The van der Waals surface area contributed by atoms with Crippen molar-refractivity contribution in [2.45, 2.75) is 6.92 Å². The van der Waals surface area contributed by atoms with E-state index in [2.05, 4.69) is 46.6 Å². The molecule has 0 saturated heterocycles. The zero-order chi connectivity index (χ0) is 9.54. The standard InChI is InChI=1S/C12H10N2/c1-9-6-10-7-13-8-14(10)12-5-3-2-4-11(9)12/h2-8H,1H3. The van der Waals surface area contributed by atoms with E-state index in [1.54, 1.807) is 0 Å². The van der Waals surface area contributed by atoms with E-state index in [1.165, 1.54) is 16.5 Å². The molecule has 2 heterocycles. The van der Waals surface area contributed by atoms with E-state index in [1.807, 2.05) is 12.5 Å². The van der Waals surface area contributed by atoms with E-state index in [0.717, 1.165) is 5.52 Å². The number of benzene rings is 1. The van der Waals surface area contributed by atoms with Gasteiger partial charge in [0.2, 0.25) is 0 Å². The summed E-state index contributed by atoms with van der Waals surface area (Å²) in [5.74, 6) is 0. The molecule has 0 saturated carbocycles. The summed E-state index contributed by atoms with van der Waals surface area (Å²) in [5, 5.41) is 1.29. The summed E-state index contributed by atoms with van der Waals surface area (Å²) in [6.45, 7) is 2.13. The Balaban J connectivity index is 2.67. The molecule has 0 aliphatic carbocycles. The smallest absolute Gasteiger partial charge is 0.0997 e. The van der Waals surface area contributed by atoms with E-state index < -0.39 is 0 Å². The number of fused-ring (bicyclic) bond motifs is 3. The predicted molar refractivity (Wildman–Crippen MR) is 57.4 cm³/mol. The average molecular weight is 182 g/mol. The van der Waals surface area contributed by atoms with Gasteiger partial charge in [0.1, 0.15) is 0 Å². The van der Waals surface area contributed by atoms with Crippen molar-refractivity contribution in [3.8, 4) is 0 Å². The first-order valence-electron chi connectivity index (χ1n) is 4.67. The molecule has 2 aromatic heterocycles. The van der Waals surface area contributed by atoms with Crippen LogP contribution in [0.15, 0.2) is 42.9 Å². The van der Waals surface area contributed by atoms with E-state index in [0.29, 0.717) is 0 Å². The minimum absolute atomic E-state index is 1.15. The largest absolute Gasteiger partial charge is 0.299 e. The van der Waals surface area contributed by atoms with Gasteiger partial charge in [0.25, 0.3) is 0 Å². The van der Waals surface area contributed by atoms with Crippen LogP contribution in [0, 0.1) is 6.92 Å². The molecule has 14 heavy (non-hydrogen) atoms. The molecule has 0 atom stereocenters. The lowest BCUT2D eigenvalue weighted by atomic mass is 10.1. The number of imidazole rings is 1. The van der Waals surface area contributed by atoms with Gasteiger partial charge in [0, 0.05) is 5.39 Å². The van der Waals surface area contributed by atoms with Gasteiger partial charge in [0.15, 0.2) is 0 Å². The van der Waals surface area contributed by atoms with Crippen molar-refractivity contribution in [1.82, 2.24) is 9.38 Å². The van der Waals surface area contributed by atoms with Gasteiger partial charge < -0.3 is 0 Å². The van der Waals surface area contributed by atoms with Crippen LogP contribution in [-0.4, -0.2) is 9.38 Å². The molecule has 0 unspecified atom stereocenters. The molecule has 0 spiro atoms. The van der Waals surface area contributed by atoms with E-state index in [4.69, 9.17) is 0 Å². The maximum absolute atomic E-state index is 4.16. The Morgan fingerprint density at radius 2 is 2.07 bits per heavy atom. The maximum atomic E-state index is 4.16. The third-order valence-electron chi connectivity index (χ3n) is 2.62. The molecule has 0 bridgehead atoms. The Bertz CT molecular complexity index is 608. The van der Waals surface area contributed by atoms with Crippen LogP contribution < -0.4 is 0 Å². The quantitative estimate of drug-likeness (QED) is 0.522. The number of rotatable bonds is 0. The number of hydrogen-bond donors (Lipinski definition) is 0. The fourth-order valence-corrected chi connectivity index (χ4v) is 1.93. The lowest BCUT2D eigenvalue weighted by Crippen LogP contribution is -1.88. The topological polar surface area (TPSA) is 17.3 Å². The highest BCUT2D eigenvalue weighted by molar-refractivity contribution is 5.85. The van der Waals surface area contributed by atoms with Crippen molar-refractivity contribution < 1.29 is 0 Å². The van der Waals surface area contributed by atoms with E-state index in [9.17, 15) is 0 Å². The Labute approximate surface area is 81.8 Å². The van der Waals surface area contributed by atoms with Crippen LogP contribution in [0.4, 0.5) is 0 Å². The summed E-state index contributed by atoms with van der Waals surface area (Å²) in [4.78, 5) is 4.16. The number of aryl methyl sites for hydroxylation is 1. The number of para-hydroxylation sites is 1. The van der Waals surface area contributed by atoms with Gasteiger partial charge in [-0.25, -0.2) is 4.98 Å². The molecular formula is C12H10N2. The van der Waals surface area contributed by atoms with Gasteiger partial charge >= 0.3 is 0 Å². The first-order chi connectivity index (χ1) is 6.86. The van der Waals surface area contributed by atoms with Gasteiger partial charge in [-0.1, -0.05) is 18.2 Å². The Kier molecular flexibility index (Phi) is 1.39. The lowest BCUT2D eigenvalue weighted by Gasteiger charge is -2.04.